The lowest BCUT2D eigenvalue weighted by atomic mass is 9.46. The maximum absolute atomic E-state index is 13.0. The topological polar surface area (TPSA) is 129 Å². The summed E-state index contributed by atoms with van der Waals surface area (Å²) < 4.78 is 5.16. The van der Waals surface area contributed by atoms with Crippen molar-refractivity contribution < 1.29 is 14.3 Å². The van der Waals surface area contributed by atoms with E-state index >= 15 is 0 Å². The van der Waals surface area contributed by atoms with Crippen molar-refractivity contribution >= 4 is 17.5 Å². The van der Waals surface area contributed by atoms with Crippen LogP contribution in [0.5, 0.6) is 5.75 Å². The molecule has 1 amide bonds. The minimum atomic E-state index is -1.92. The molecule has 4 atom stereocenters. The summed E-state index contributed by atoms with van der Waals surface area (Å²) in [5, 5.41) is 20.3. The first-order valence-corrected chi connectivity index (χ1v) is 8.68. The quantitative estimate of drug-likeness (QED) is 0.872. The van der Waals surface area contributed by atoms with Gasteiger partial charge in [0.2, 0.25) is 0 Å². The number of fused-ring (bicyclic) bond motifs is 1. The van der Waals surface area contributed by atoms with E-state index in [9.17, 15) is 20.1 Å². The van der Waals surface area contributed by atoms with E-state index in [1.54, 1.807) is 38.1 Å². The molecule has 0 radical (unpaired) electrons. The predicted octanol–water partition coefficient (Wildman–Crippen LogP) is 1.94. The molecule has 0 aromatic heterocycles. The number of nitrogens with zero attached hydrogens (tertiary/aromatic N) is 3. The van der Waals surface area contributed by atoms with E-state index in [4.69, 9.17) is 10.5 Å². The third-order valence-electron chi connectivity index (χ3n) is 5.86. The zero-order chi connectivity index (χ0) is 20.0. The highest BCUT2D eigenvalue weighted by Crippen LogP contribution is 2.63. The summed E-state index contributed by atoms with van der Waals surface area (Å²) in [6.07, 6.45) is 0.00959. The van der Waals surface area contributed by atoms with Crippen LogP contribution in [-0.2, 0) is 9.59 Å². The Bertz CT molecular complexity index is 922. The average molecular weight is 364 g/mol. The Balaban J connectivity index is 2.30. The number of carbonyl (C=O) groups excluding carboxylic acids is 2. The molecule has 0 bridgehead atoms. The monoisotopic (exact) mass is 364 g/mol. The Morgan fingerprint density at radius 1 is 1.19 bits per heavy atom. The van der Waals surface area contributed by atoms with Gasteiger partial charge in [-0.05, 0) is 23.6 Å². The molecule has 1 saturated carbocycles. The highest BCUT2D eigenvalue weighted by Gasteiger charge is 2.75. The molecule has 1 aliphatic heterocycles. The second-order valence-corrected chi connectivity index (χ2v) is 7.36. The summed E-state index contributed by atoms with van der Waals surface area (Å²) in [5.74, 6) is -2.59. The fourth-order valence-corrected chi connectivity index (χ4v) is 4.72. The second kappa shape index (κ2) is 6.21. The molecule has 1 fully saturated rings. The fraction of sp³-hybridized carbons (Fsp3) is 0.450. The smallest absolute Gasteiger partial charge is 0.270 e. The average Bonchev–Trinajstić information content (AvgIpc) is 2.88. The van der Waals surface area contributed by atoms with Crippen LogP contribution >= 0.6 is 0 Å². The van der Waals surface area contributed by atoms with Crippen LogP contribution in [0.4, 0.5) is 0 Å². The first kappa shape index (κ1) is 18.6. The van der Waals surface area contributed by atoms with Gasteiger partial charge < -0.3 is 10.5 Å². The number of rotatable bonds is 3. The van der Waals surface area contributed by atoms with E-state index in [-0.39, 0.29) is 24.0 Å². The number of Topliss-reactive ketones (excluding diaryl/α,β-unsaturated/α-hetero) is 1. The maximum atomic E-state index is 13.0. The molecule has 138 valence electrons. The van der Waals surface area contributed by atoms with Gasteiger partial charge in [0.25, 0.3) is 5.91 Å². The minimum absolute atomic E-state index is 0.00959. The third-order valence-corrected chi connectivity index (χ3v) is 5.86. The summed E-state index contributed by atoms with van der Waals surface area (Å²) in [7, 11) is 1.53. The van der Waals surface area contributed by atoms with Gasteiger partial charge in [-0.15, -0.1) is 0 Å². The molecular formula is C20H20N4O3. The number of nitriles is 2. The molecule has 2 N–H and O–H groups in total. The van der Waals surface area contributed by atoms with Crippen molar-refractivity contribution in [2.75, 3.05) is 7.11 Å². The third kappa shape index (κ3) is 2.15. The maximum Gasteiger partial charge on any atom is 0.270 e. The normalized spacial score (nSPS) is 32.4. The zero-order valence-corrected chi connectivity index (χ0v) is 15.4. The molecule has 7 nitrogen and oxygen atoms in total. The van der Waals surface area contributed by atoms with E-state index in [0.29, 0.717) is 11.3 Å². The number of aliphatic imine (C=N–C) groups is 1. The fourth-order valence-electron chi connectivity index (χ4n) is 4.72. The van der Waals surface area contributed by atoms with Gasteiger partial charge in [-0.3, -0.25) is 9.59 Å². The van der Waals surface area contributed by atoms with Gasteiger partial charge in [0, 0.05) is 18.3 Å². The van der Waals surface area contributed by atoms with Crippen molar-refractivity contribution in [3.63, 3.8) is 0 Å². The number of carbonyl (C=O) groups is 2. The first-order valence-electron chi connectivity index (χ1n) is 8.68. The summed E-state index contributed by atoms with van der Waals surface area (Å²) in [6, 6.07) is 11.0. The highest BCUT2D eigenvalue weighted by molar-refractivity contribution is 6.15. The summed E-state index contributed by atoms with van der Waals surface area (Å²) >= 11 is 0. The SMILES string of the molecule is COc1ccc(C2CC(=O)C(C(C)C)C3(C#N)C(=O)N=C(N)C23C#N)cc1. The molecule has 1 aliphatic carbocycles. The molecule has 7 heteroatoms. The molecular weight excluding hydrogens is 344 g/mol. The molecule has 4 unspecified atom stereocenters. The number of amides is 1. The van der Waals surface area contributed by atoms with Crippen LogP contribution in [0.2, 0.25) is 0 Å². The Morgan fingerprint density at radius 2 is 1.78 bits per heavy atom. The van der Waals surface area contributed by atoms with Gasteiger partial charge in [0.05, 0.1) is 19.2 Å². The largest absolute Gasteiger partial charge is 0.497 e. The van der Waals surface area contributed by atoms with Gasteiger partial charge in [-0.1, -0.05) is 26.0 Å². The van der Waals surface area contributed by atoms with Gasteiger partial charge in [-0.2, -0.15) is 15.5 Å². The van der Waals surface area contributed by atoms with Crippen LogP contribution in [0, 0.1) is 45.3 Å². The van der Waals surface area contributed by atoms with Crippen molar-refractivity contribution in [3.05, 3.63) is 29.8 Å². The van der Waals surface area contributed by atoms with Crippen molar-refractivity contribution in [2.24, 2.45) is 33.4 Å². The molecule has 2 aliphatic rings. The number of hydrogen-bond donors (Lipinski definition) is 1. The van der Waals surface area contributed by atoms with Gasteiger partial charge in [0.1, 0.15) is 22.8 Å². The number of hydrogen-bond acceptors (Lipinski definition) is 6. The molecule has 3 rings (SSSR count). The Labute approximate surface area is 157 Å². The Hall–Kier alpha value is -3.19. The number of methoxy groups -OCH3 is 1. The van der Waals surface area contributed by atoms with Crippen LogP contribution in [0.15, 0.2) is 29.3 Å². The van der Waals surface area contributed by atoms with Crippen molar-refractivity contribution in [3.8, 4) is 17.9 Å². The van der Waals surface area contributed by atoms with Crippen LogP contribution in [0.3, 0.4) is 0 Å². The lowest BCUT2D eigenvalue weighted by Crippen LogP contribution is -2.61. The predicted molar refractivity (Wildman–Crippen MR) is 96.4 cm³/mol. The number of benzene rings is 1. The number of ketones is 1. The molecule has 1 aromatic rings. The van der Waals surface area contributed by atoms with Crippen LogP contribution in [0.25, 0.3) is 0 Å². The Kier molecular flexibility index (Phi) is 4.28. The summed E-state index contributed by atoms with van der Waals surface area (Å²) in [6.45, 7) is 3.53. The molecule has 1 heterocycles. The van der Waals surface area contributed by atoms with Gasteiger partial charge in [0.15, 0.2) is 5.41 Å². The molecule has 27 heavy (non-hydrogen) atoms. The lowest BCUT2D eigenvalue weighted by molar-refractivity contribution is -0.145. The van der Waals surface area contributed by atoms with Crippen molar-refractivity contribution in [1.82, 2.24) is 0 Å². The summed E-state index contributed by atoms with van der Waals surface area (Å²) in [5.41, 5.74) is 3.14. The lowest BCUT2D eigenvalue weighted by Gasteiger charge is -2.49. The van der Waals surface area contributed by atoms with Gasteiger partial charge in [-0.25, -0.2) is 0 Å². The zero-order valence-electron chi connectivity index (χ0n) is 15.4. The molecule has 1 aromatic carbocycles. The molecule has 0 spiro atoms. The van der Waals surface area contributed by atoms with Crippen LogP contribution in [0.1, 0.15) is 31.7 Å². The van der Waals surface area contributed by atoms with Crippen LogP contribution in [-0.4, -0.2) is 24.6 Å². The van der Waals surface area contributed by atoms with Gasteiger partial charge >= 0.3 is 0 Å². The first-order chi connectivity index (χ1) is 12.8. The number of ether oxygens (including phenoxy) is 1. The standard InChI is InChI=1S/C20H20N4O3/c1-11(2)16-15(25)8-14(12-4-6-13(27-3)7-5-12)19(9-21)17(23)24-18(26)20(16,19)10-22/h4-7,11,14,16H,8H2,1-3H3,(H2,23,24,26). The molecule has 0 saturated heterocycles. The van der Waals surface area contributed by atoms with Crippen molar-refractivity contribution in [1.29, 1.82) is 10.5 Å². The number of amidine groups is 1. The van der Waals surface area contributed by atoms with E-state index in [2.05, 4.69) is 11.1 Å². The summed E-state index contributed by atoms with van der Waals surface area (Å²) in [4.78, 5) is 29.7. The van der Waals surface area contributed by atoms with E-state index in [0.717, 1.165) is 0 Å². The van der Waals surface area contributed by atoms with E-state index in [1.807, 2.05) is 6.07 Å². The minimum Gasteiger partial charge on any atom is -0.497 e. The van der Waals surface area contributed by atoms with Crippen molar-refractivity contribution in [2.45, 2.75) is 26.2 Å². The van der Waals surface area contributed by atoms with E-state index < -0.39 is 28.6 Å². The Morgan fingerprint density at radius 3 is 2.26 bits per heavy atom. The van der Waals surface area contributed by atoms with Crippen LogP contribution < -0.4 is 10.5 Å². The second-order valence-electron chi connectivity index (χ2n) is 7.36. The highest BCUT2D eigenvalue weighted by atomic mass is 16.5. The van der Waals surface area contributed by atoms with E-state index in [1.165, 1.54) is 7.11 Å². The number of nitrogens with two attached hydrogens (primary N) is 1.